The maximum atomic E-state index is 13.3. The molecule has 0 unspecified atom stereocenters. The van der Waals surface area contributed by atoms with Crippen LogP contribution in [0.15, 0.2) is 42.5 Å². The second-order valence-electron chi connectivity index (χ2n) is 6.93. The van der Waals surface area contributed by atoms with Gasteiger partial charge in [-0.3, -0.25) is 4.79 Å². The standard InChI is InChI=1S/C22H21ClFN3O3/c1-29-12-13-30-21-17(23)5-3-6-18(21)25-22(28)20-16-4-2-7-19(16)27(26-20)15-10-8-14(24)9-11-15/h3,5-6,8-11H,2,4,7,12-13H2,1H3,(H,25,28). The van der Waals surface area contributed by atoms with Crippen molar-refractivity contribution in [3.05, 3.63) is 70.3 Å². The lowest BCUT2D eigenvalue weighted by Gasteiger charge is -2.13. The summed E-state index contributed by atoms with van der Waals surface area (Å²) in [7, 11) is 1.58. The first-order chi connectivity index (χ1) is 14.6. The van der Waals surface area contributed by atoms with E-state index in [-0.39, 0.29) is 11.7 Å². The Balaban J connectivity index is 1.63. The van der Waals surface area contributed by atoms with Crippen molar-refractivity contribution in [3.8, 4) is 11.4 Å². The first-order valence-corrected chi connectivity index (χ1v) is 10.0. The van der Waals surface area contributed by atoms with Crippen LogP contribution in [0, 0.1) is 5.82 Å². The van der Waals surface area contributed by atoms with E-state index in [1.807, 2.05) is 0 Å². The molecule has 30 heavy (non-hydrogen) atoms. The van der Waals surface area contributed by atoms with Crippen LogP contribution in [-0.4, -0.2) is 36.0 Å². The van der Waals surface area contributed by atoms with E-state index in [2.05, 4.69) is 10.4 Å². The van der Waals surface area contributed by atoms with Crippen LogP contribution in [-0.2, 0) is 17.6 Å². The Kier molecular flexibility index (Phi) is 6.01. The van der Waals surface area contributed by atoms with Crippen LogP contribution in [0.25, 0.3) is 5.69 Å². The molecule has 0 aliphatic heterocycles. The molecule has 1 heterocycles. The Labute approximate surface area is 178 Å². The number of rotatable bonds is 7. The number of nitrogens with one attached hydrogen (secondary N) is 1. The maximum absolute atomic E-state index is 13.3. The number of ether oxygens (including phenoxy) is 2. The lowest BCUT2D eigenvalue weighted by Crippen LogP contribution is -2.16. The van der Waals surface area contributed by atoms with Crippen molar-refractivity contribution in [3.63, 3.8) is 0 Å². The number of aromatic nitrogens is 2. The molecule has 6 nitrogen and oxygen atoms in total. The number of amides is 1. The smallest absolute Gasteiger partial charge is 0.276 e. The average molecular weight is 430 g/mol. The molecule has 0 bridgehead atoms. The van der Waals surface area contributed by atoms with Gasteiger partial charge in [-0.15, -0.1) is 0 Å². The molecular formula is C22H21ClFN3O3. The predicted molar refractivity (Wildman–Crippen MR) is 112 cm³/mol. The first kappa shape index (κ1) is 20.4. The Bertz CT molecular complexity index is 1070. The monoisotopic (exact) mass is 429 g/mol. The van der Waals surface area contributed by atoms with Gasteiger partial charge < -0.3 is 14.8 Å². The van der Waals surface area contributed by atoms with E-state index in [9.17, 15) is 9.18 Å². The summed E-state index contributed by atoms with van der Waals surface area (Å²) in [6.45, 7) is 0.700. The van der Waals surface area contributed by atoms with Gasteiger partial charge in [0.05, 0.1) is 23.0 Å². The minimum Gasteiger partial charge on any atom is -0.487 e. The number of hydrogen-bond acceptors (Lipinski definition) is 4. The lowest BCUT2D eigenvalue weighted by atomic mass is 10.2. The third kappa shape index (κ3) is 4.04. The second-order valence-corrected chi connectivity index (χ2v) is 7.33. The maximum Gasteiger partial charge on any atom is 0.276 e. The molecule has 4 rings (SSSR count). The summed E-state index contributed by atoms with van der Waals surface area (Å²) in [5.41, 5.74) is 3.44. The van der Waals surface area contributed by atoms with E-state index in [1.54, 1.807) is 42.1 Å². The number of halogens is 2. The molecule has 0 saturated carbocycles. The molecular weight excluding hydrogens is 409 g/mol. The molecule has 8 heteroatoms. The van der Waals surface area contributed by atoms with Crippen LogP contribution in [0.1, 0.15) is 28.2 Å². The zero-order valence-corrected chi connectivity index (χ0v) is 17.2. The van der Waals surface area contributed by atoms with Gasteiger partial charge in [-0.25, -0.2) is 9.07 Å². The van der Waals surface area contributed by atoms with E-state index in [1.165, 1.54) is 12.1 Å². The summed E-state index contributed by atoms with van der Waals surface area (Å²) < 4.78 is 25.7. The van der Waals surface area contributed by atoms with Crippen LogP contribution in [0.4, 0.5) is 10.1 Å². The fourth-order valence-electron chi connectivity index (χ4n) is 3.58. The number of carbonyl (C=O) groups excluding carboxylic acids is 1. The number of hydrogen-bond donors (Lipinski definition) is 1. The van der Waals surface area contributed by atoms with Crippen molar-refractivity contribution in [1.29, 1.82) is 0 Å². The molecule has 3 aromatic rings. The van der Waals surface area contributed by atoms with Crippen molar-refractivity contribution in [1.82, 2.24) is 9.78 Å². The summed E-state index contributed by atoms with van der Waals surface area (Å²) in [6.07, 6.45) is 2.53. The number of methoxy groups -OCH3 is 1. The second kappa shape index (κ2) is 8.85. The van der Waals surface area contributed by atoms with Crippen molar-refractivity contribution < 1.29 is 18.7 Å². The zero-order valence-electron chi connectivity index (χ0n) is 16.5. The van der Waals surface area contributed by atoms with Crippen molar-refractivity contribution in [2.75, 3.05) is 25.6 Å². The quantitative estimate of drug-likeness (QED) is 0.564. The number of fused-ring (bicyclic) bond motifs is 1. The molecule has 0 saturated heterocycles. The van der Waals surface area contributed by atoms with Gasteiger partial charge in [0, 0.05) is 18.4 Å². The van der Waals surface area contributed by atoms with Crippen molar-refractivity contribution in [2.24, 2.45) is 0 Å². The summed E-state index contributed by atoms with van der Waals surface area (Å²) in [5, 5.41) is 7.81. The van der Waals surface area contributed by atoms with E-state index >= 15 is 0 Å². The number of carbonyl (C=O) groups is 1. The highest BCUT2D eigenvalue weighted by Gasteiger charge is 2.27. The summed E-state index contributed by atoms with van der Waals surface area (Å²) in [5.74, 6) is -0.269. The van der Waals surface area contributed by atoms with Gasteiger partial charge in [0.1, 0.15) is 12.4 Å². The third-order valence-corrected chi connectivity index (χ3v) is 5.26. The largest absolute Gasteiger partial charge is 0.487 e. The van der Waals surface area contributed by atoms with Gasteiger partial charge in [0.15, 0.2) is 11.4 Å². The van der Waals surface area contributed by atoms with Crippen LogP contribution >= 0.6 is 11.6 Å². The third-order valence-electron chi connectivity index (χ3n) is 4.97. The average Bonchev–Trinajstić information content (AvgIpc) is 3.34. The fourth-order valence-corrected chi connectivity index (χ4v) is 3.81. The number of nitrogens with zero attached hydrogens (tertiary/aromatic N) is 2. The van der Waals surface area contributed by atoms with Gasteiger partial charge in [0.2, 0.25) is 0 Å². The molecule has 0 spiro atoms. The summed E-state index contributed by atoms with van der Waals surface area (Å²) >= 11 is 6.26. The Morgan fingerprint density at radius 1 is 1.20 bits per heavy atom. The van der Waals surface area contributed by atoms with Crippen LogP contribution in [0.5, 0.6) is 5.75 Å². The first-order valence-electron chi connectivity index (χ1n) is 9.67. The van der Waals surface area contributed by atoms with Gasteiger partial charge in [-0.1, -0.05) is 17.7 Å². The zero-order chi connectivity index (χ0) is 21.1. The van der Waals surface area contributed by atoms with Crippen molar-refractivity contribution in [2.45, 2.75) is 19.3 Å². The minimum absolute atomic E-state index is 0.303. The van der Waals surface area contributed by atoms with E-state index in [0.717, 1.165) is 36.2 Å². The van der Waals surface area contributed by atoms with E-state index in [4.69, 9.17) is 21.1 Å². The minimum atomic E-state index is -0.340. The van der Waals surface area contributed by atoms with Crippen LogP contribution < -0.4 is 10.1 Å². The molecule has 0 fully saturated rings. The Hall–Kier alpha value is -2.90. The van der Waals surface area contributed by atoms with Gasteiger partial charge in [-0.05, 0) is 55.7 Å². The molecule has 1 N–H and O–H groups in total. The van der Waals surface area contributed by atoms with Crippen molar-refractivity contribution >= 4 is 23.2 Å². The normalized spacial score (nSPS) is 12.6. The number of benzene rings is 2. The van der Waals surface area contributed by atoms with Gasteiger partial charge >= 0.3 is 0 Å². The molecule has 0 atom stereocenters. The topological polar surface area (TPSA) is 65.4 Å². The van der Waals surface area contributed by atoms with Crippen LogP contribution in [0.2, 0.25) is 5.02 Å². The molecule has 1 aliphatic rings. The highest BCUT2D eigenvalue weighted by molar-refractivity contribution is 6.32. The van der Waals surface area contributed by atoms with Gasteiger partial charge in [-0.2, -0.15) is 5.10 Å². The van der Waals surface area contributed by atoms with E-state index < -0.39 is 0 Å². The molecule has 1 aromatic heterocycles. The molecule has 156 valence electrons. The molecule has 0 radical (unpaired) electrons. The molecule has 1 aliphatic carbocycles. The summed E-state index contributed by atoms with van der Waals surface area (Å²) in [4.78, 5) is 13.1. The predicted octanol–water partition coefficient (Wildman–Crippen LogP) is 4.43. The molecule has 2 aromatic carbocycles. The lowest BCUT2D eigenvalue weighted by molar-refractivity contribution is 0.102. The SMILES string of the molecule is COCCOc1c(Cl)cccc1NC(=O)c1nn(-c2ccc(F)cc2)c2c1CCC2. The highest BCUT2D eigenvalue weighted by atomic mass is 35.5. The Morgan fingerprint density at radius 2 is 2.00 bits per heavy atom. The Morgan fingerprint density at radius 3 is 2.77 bits per heavy atom. The number of anilines is 1. The van der Waals surface area contributed by atoms with Crippen LogP contribution in [0.3, 0.4) is 0 Å². The summed E-state index contributed by atoms with van der Waals surface area (Å²) in [6, 6.07) is 11.2. The van der Waals surface area contributed by atoms with Gasteiger partial charge in [0.25, 0.3) is 5.91 Å². The molecule has 1 amide bonds. The highest BCUT2D eigenvalue weighted by Crippen LogP contribution is 2.34. The van der Waals surface area contributed by atoms with E-state index in [0.29, 0.717) is 35.4 Å². The fraction of sp³-hybridized carbons (Fsp3) is 0.273. The number of para-hydroxylation sites is 1.